The van der Waals surface area contributed by atoms with Crippen molar-refractivity contribution in [3.05, 3.63) is 65.8 Å². The van der Waals surface area contributed by atoms with Gasteiger partial charge in [-0.15, -0.1) is 0 Å². The van der Waals surface area contributed by atoms with Gasteiger partial charge < -0.3 is 14.9 Å². The molecule has 0 spiro atoms. The highest BCUT2D eigenvalue weighted by atomic mass is 19.4. The van der Waals surface area contributed by atoms with Crippen molar-refractivity contribution >= 4 is 18.2 Å². The predicted octanol–water partition coefficient (Wildman–Crippen LogP) is 5.81. The van der Waals surface area contributed by atoms with Gasteiger partial charge in [0.2, 0.25) is 0 Å². The Morgan fingerprint density at radius 3 is 2.38 bits per heavy atom. The summed E-state index contributed by atoms with van der Waals surface area (Å²) in [5.41, 5.74) is 2.82. The van der Waals surface area contributed by atoms with Gasteiger partial charge in [-0.2, -0.15) is 13.2 Å². The Labute approximate surface area is 202 Å². The number of hydrogen-bond acceptors (Lipinski definition) is 6. The van der Waals surface area contributed by atoms with Crippen LogP contribution in [0.5, 0.6) is 0 Å². The van der Waals surface area contributed by atoms with Crippen LogP contribution in [-0.4, -0.2) is 44.8 Å². The predicted molar refractivity (Wildman–Crippen MR) is 135 cm³/mol. The second-order valence-electron chi connectivity index (χ2n) is 7.42. The first-order valence-electron chi connectivity index (χ1n) is 10.7. The molecule has 0 saturated carbocycles. The number of hydrazine groups is 1. The first-order chi connectivity index (χ1) is 16.0. The van der Waals surface area contributed by atoms with E-state index in [0.717, 1.165) is 29.3 Å². The molecule has 0 aromatic heterocycles. The van der Waals surface area contributed by atoms with Gasteiger partial charge in [0.1, 0.15) is 13.4 Å². The molecule has 0 bridgehead atoms. The summed E-state index contributed by atoms with van der Waals surface area (Å²) < 4.78 is 39.7. The van der Waals surface area contributed by atoms with Crippen molar-refractivity contribution < 1.29 is 22.8 Å². The summed E-state index contributed by atoms with van der Waals surface area (Å²) in [4.78, 5) is 13.5. The van der Waals surface area contributed by atoms with Crippen LogP contribution in [0.4, 0.5) is 18.9 Å². The number of oxime groups is 1. The molecule has 0 fully saturated rings. The van der Waals surface area contributed by atoms with E-state index in [0.29, 0.717) is 12.1 Å². The summed E-state index contributed by atoms with van der Waals surface area (Å²) in [5.74, 6) is 4.44. The molecule has 0 radical (unpaired) electrons. The maximum absolute atomic E-state index is 13.2. The van der Waals surface area contributed by atoms with E-state index in [-0.39, 0.29) is 6.61 Å². The molecule has 0 heterocycles. The molecule has 1 rings (SSSR count). The van der Waals surface area contributed by atoms with Gasteiger partial charge in [-0.1, -0.05) is 68.4 Å². The topological polar surface area (TPSA) is 80.0 Å². The lowest BCUT2D eigenvalue weighted by molar-refractivity contribution is -0.0980. The lowest BCUT2D eigenvalue weighted by Crippen LogP contribution is -2.18. The fraction of sp³-hybridized carbons (Fsp3) is 0.440. The van der Waals surface area contributed by atoms with Crippen LogP contribution in [0.25, 0.3) is 0 Å². The maximum Gasteiger partial charge on any atom is 0.416 e. The minimum Gasteiger partial charge on any atom is -0.391 e. The largest absolute Gasteiger partial charge is 0.416 e. The first-order valence-corrected chi connectivity index (χ1v) is 10.7. The third-order valence-electron chi connectivity index (χ3n) is 4.27. The van der Waals surface area contributed by atoms with E-state index in [4.69, 9.17) is 15.5 Å². The van der Waals surface area contributed by atoms with Crippen molar-refractivity contribution in [2.24, 2.45) is 16.9 Å². The van der Waals surface area contributed by atoms with Crippen molar-refractivity contribution in [3.63, 3.8) is 0 Å². The molecular weight excluding hydrogens is 445 g/mol. The van der Waals surface area contributed by atoms with Gasteiger partial charge in [-0.05, 0) is 25.0 Å². The highest BCUT2D eigenvalue weighted by Gasteiger charge is 2.32. The number of aryl methyl sites for hydroxylation is 1. The van der Waals surface area contributed by atoms with Crippen LogP contribution < -0.4 is 11.2 Å². The quantitative estimate of drug-likeness (QED) is 0.190. The van der Waals surface area contributed by atoms with E-state index < -0.39 is 17.7 Å². The zero-order valence-electron chi connectivity index (χ0n) is 21.1. The molecule has 1 unspecified atom stereocenters. The molecule has 0 saturated heterocycles. The molecule has 0 aliphatic carbocycles. The number of nitrogens with two attached hydrogens (primary N) is 1. The Morgan fingerprint density at radius 2 is 1.91 bits per heavy atom. The Morgan fingerprint density at radius 1 is 1.32 bits per heavy atom. The number of allylic oxidation sites excluding steroid dienone is 5. The summed E-state index contributed by atoms with van der Waals surface area (Å²) in [6, 6.07) is 5.86. The fourth-order valence-corrected chi connectivity index (χ4v) is 2.70. The van der Waals surface area contributed by atoms with Gasteiger partial charge in [0.05, 0.1) is 11.3 Å². The van der Waals surface area contributed by atoms with E-state index in [1.54, 1.807) is 21.0 Å². The Hall–Kier alpha value is -2.91. The summed E-state index contributed by atoms with van der Waals surface area (Å²) in [6.45, 7) is 11.3. The van der Waals surface area contributed by atoms with Crippen molar-refractivity contribution in [1.82, 2.24) is 5.01 Å². The van der Waals surface area contributed by atoms with Crippen molar-refractivity contribution in [2.45, 2.75) is 46.4 Å². The number of alkyl halides is 3. The van der Waals surface area contributed by atoms with E-state index >= 15 is 0 Å². The average Bonchev–Trinajstić information content (AvgIpc) is 2.77. The van der Waals surface area contributed by atoms with Gasteiger partial charge in [-0.25, -0.2) is 0 Å². The van der Waals surface area contributed by atoms with Crippen molar-refractivity contribution in [2.75, 3.05) is 26.5 Å². The minimum absolute atomic E-state index is 0.245. The van der Waals surface area contributed by atoms with E-state index in [1.165, 1.54) is 23.2 Å². The molecule has 0 amide bonds. The van der Waals surface area contributed by atoms with Gasteiger partial charge in [-0.3, -0.25) is 10.9 Å². The SMILES string of the molecule is C=C/C=C\C(=C/C(C)C(CCC)=NOCc1c(C)cccc1NC)C(F)(F)F.C=O.CN(C)N. The van der Waals surface area contributed by atoms with Crippen molar-refractivity contribution in [1.29, 1.82) is 0 Å². The minimum atomic E-state index is -4.44. The number of rotatable bonds is 10. The molecule has 1 atom stereocenters. The lowest BCUT2D eigenvalue weighted by atomic mass is 9.98. The van der Waals surface area contributed by atoms with Crippen LogP contribution in [0.1, 0.15) is 37.8 Å². The van der Waals surface area contributed by atoms with Gasteiger partial charge >= 0.3 is 6.18 Å². The van der Waals surface area contributed by atoms with Gasteiger partial charge in [0.15, 0.2) is 0 Å². The van der Waals surface area contributed by atoms with Gasteiger partial charge in [0.25, 0.3) is 0 Å². The first kappa shape index (κ1) is 33.3. The standard InChI is InChI=1S/C22H29F3N2O.C2H8N2.CH2O/c1-6-8-12-18(22(23,24)25)14-17(4)20(10-7-2)27-28-15-19-16(3)11-9-13-21(19)26-5;1-4(2)3;1-2/h6,8-9,11-14,17,26H,1,7,10,15H2,2-5H3;3H2,1-2H3;1H2/b12-8-,18-14+,27-20?;;. The Kier molecular flexibility index (Phi) is 18.1. The van der Waals surface area contributed by atoms with Crippen LogP contribution in [0, 0.1) is 12.8 Å². The monoisotopic (exact) mass is 484 g/mol. The number of hydrogen-bond donors (Lipinski definition) is 2. The van der Waals surface area contributed by atoms with Gasteiger partial charge in [0, 0.05) is 38.3 Å². The normalized spacial score (nSPS) is 12.9. The number of carbonyl (C=O) groups excluding carboxylic acids is 1. The highest BCUT2D eigenvalue weighted by Crippen LogP contribution is 2.28. The second-order valence-corrected chi connectivity index (χ2v) is 7.42. The zero-order chi connectivity index (χ0) is 26.7. The van der Waals surface area contributed by atoms with E-state index in [1.807, 2.05) is 45.9 Å². The fourth-order valence-electron chi connectivity index (χ4n) is 2.70. The summed E-state index contributed by atoms with van der Waals surface area (Å²) in [5, 5.41) is 8.78. The van der Waals surface area contributed by atoms with Crippen molar-refractivity contribution in [3.8, 4) is 0 Å². The number of anilines is 1. The number of halogens is 3. The Bertz CT molecular complexity index is 801. The summed E-state index contributed by atoms with van der Waals surface area (Å²) in [7, 11) is 5.38. The molecule has 0 aliphatic heterocycles. The van der Waals surface area contributed by atoms with Crippen LogP contribution in [0.15, 0.2) is 59.8 Å². The van der Waals surface area contributed by atoms with Crippen LogP contribution >= 0.6 is 0 Å². The highest BCUT2D eigenvalue weighted by molar-refractivity contribution is 5.87. The second kappa shape index (κ2) is 18.5. The van der Waals surface area contributed by atoms with E-state index in [2.05, 4.69) is 17.1 Å². The molecule has 6 nitrogen and oxygen atoms in total. The number of nitrogens with zero attached hydrogens (tertiary/aromatic N) is 2. The molecule has 3 N–H and O–H groups in total. The average molecular weight is 485 g/mol. The molecular formula is C25H39F3N4O2. The number of benzene rings is 1. The molecule has 9 heteroatoms. The van der Waals surface area contributed by atoms with Crippen LogP contribution in [-0.2, 0) is 16.2 Å². The maximum atomic E-state index is 13.2. The lowest BCUT2D eigenvalue weighted by Gasteiger charge is -2.15. The Balaban J connectivity index is 0. The smallest absolute Gasteiger partial charge is 0.391 e. The summed E-state index contributed by atoms with van der Waals surface area (Å²) >= 11 is 0. The van der Waals surface area contributed by atoms with Crippen LogP contribution in [0.3, 0.4) is 0 Å². The molecule has 0 aliphatic rings. The zero-order valence-corrected chi connectivity index (χ0v) is 21.1. The molecule has 1 aromatic rings. The molecule has 1 aromatic carbocycles. The van der Waals surface area contributed by atoms with E-state index in [9.17, 15) is 13.2 Å². The van der Waals surface area contributed by atoms with Crippen LogP contribution in [0.2, 0.25) is 0 Å². The third-order valence-corrected chi connectivity index (χ3v) is 4.27. The number of carbonyl (C=O) groups is 1. The number of nitrogens with one attached hydrogen (secondary N) is 1. The summed E-state index contributed by atoms with van der Waals surface area (Å²) in [6.07, 6.45) is 1.66. The third kappa shape index (κ3) is 14.3. The molecule has 192 valence electrons. The molecule has 34 heavy (non-hydrogen) atoms.